The molecule has 1 amide bonds. The number of fused-ring (bicyclic) bond motifs is 1. The lowest BCUT2D eigenvalue weighted by molar-refractivity contribution is -0.128. The van der Waals surface area contributed by atoms with Crippen molar-refractivity contribution in [3.8, 4) is 0 Å². The summed E-state index contributed by atoms with van der Waals surface area (Å²) in [4.78, 5) is 43.5. The van der Waals surface area contributed by atoms with Crippen molar-refractivity contribution >= 4 is 33.4 Å². The van der Waals surface area contributed by atoms with E-state index in [4.69, 9.17) is 4.74 Å². The van der Waals surface area contributed by atoms with Gasteiger partial charge in [-0.1, -0.05) is 6.08 Å². The molecule has 0 aliphatic carbocycles. The molecule has 0 saturated carbocycles. The first-order valence-corrected chi connectivity index (χ1v) is 7.76. The van der Waals surface area contributed by atoms with E-state index in [0.29, 0.717) is 28.1 Å². The summed E-state index contributed by atoms with van der Waals surface area (Å²) < 4.78 is 5.16. The van der Waals surface area contributed by atoms with Crippen molar-refractivity contribution in [2.45, 2.75) is 26.9 Å². The Hall–Kier alpha value is -2.48. The van der Waals surface area contributed by atoms with Crippen molar-refractivity contribution < 1.29 is 14.3 Å². The Morgan fingerprint density at radius 3 is 2.83 bits per heavy atom. The molecule has 7 nitrogen and oxygen atoms in total. The molecular formula is C15H17N3O4S. The molecule has 0 aromatic carbocycles. The topological polar surface area (TPSA) is 101 Å². The van der Waals surface area contributed by atoms with Gasteiger partial charge in [0.05, 0.1) is 5.39 Å². The Kier molecular flexibility index (Phi) is 4.95. The maximum atomic E-state index is 12.3. The van der Waals surface area contributed by atoms with Crippen LogP contribution in [0.1, 0.15) is 28.0 Å². The maximum absolute atomic E-state index is 12.3. The first kappa shape index (κ1) is 16.9. The Balaban J connectivity index is 2.26. The second kappa shape index (κ2) is 6.74. The molecule has 0 bridgehead atoms. The quantitative estimate of drug-likeness (QED) is 0.636. The number of esters is 1. The number of ether oxygens (including phenoxy) is 1. The molecule has 1 atom stereocenters. The van der Waals surface area contributed by atoms with Crippen LogP contribution in [-0.2, 0) is 9.53 Å². The molecule has 2 heterocycles. The summed E-state index contributed by atoms with van der Waals surface area (Å²) in [7, 11) is 0. The van der Waals surface area contributed by atoms with Crippen molar-refractivity contribution in [3.05, 3.63) is 39.3 Å². The van der Waals surface area contributed by atoms with Gasteiger partial charge in [0, 0.05) is 6.54 Å². The van der Waals surface area contributed by atoms with Crippen LogP contribution < -0.4 is 10.9 Å². The van der Waals surface area contributed by atoms with Crippen LogP contribution in [0.25, 0.3) is 10.2 Å². The number of nitrogens with one attached hydrogen (secondary N) is 2. The van der Waals surface area contributed by atoms with E-state index in [0.717, 1.165) is 11.3 Å². The number of aromatic amines is 1. The molecule has 2 rings (SSSR count). The number of nitrogens with zero attached hydrogens (tertiary/aromatic N) is 1. The average molecular weight is 335 g/mol. The number of hydrogen-bond acceptors (Lipinski definition) is 6. The zero-order valence-corrected chi connectivity index (χ0v) is 13.9. The van der Waals surface area contributed by atoms with Gasteiger partial charge in [0.2, 0.25) is 0 Å². The van der Waals surface area contributed by atoms with Gasteiger partial charge in [-0.15, -0.1) is 17.9 Å². The fourth-order valence-corrected chi connectivity index (χ4v) is 3.14. The standard InChI is InChI=1S/C15H17N3O4S/c1-5-6-16-12(19)8(3)22-15(21)11-7(2)10-13(20)17-9(4)18-14(10)23-11/h5,8H,1,6H2,2-4H3,(H,16,19)(H,17,18,20)/t8-/m0/s1. The summed E-state index contributed by atoms with van der Waals surface area (Å²) in [6.07, 6.45) is 0.586. The second-order valence-electron chi connectivity index (χ2n) is 4.97. The van der Waals surface area contributed by atoms with Crippen LogP contribution in [0.15, 0.2) is 17.4 Å². The lowest BCUT2D eigenvalue weighted by Gasteiger charge is -2.12. The Morgan fingerprint density at radius 2 is 2.17 bits per heavy atom. The third kappa shape index (κ3) is 3.48. The van der Waals surface area contributed by atoms with E-state index in [9.17, 15) is 14.4 Å². The van der Waals surface area contributed by atoms with E-state index in [-0.39, 0.29) is 10.4 Å². The second-order valence-corrected chi connectivity index (χ2v) is 5.97. The van der Waals surface area contributed by atoms with Gasteiger partial charge in [0.15, 0.2) is 6.10 Å². The van der Waals surface area contributed by atoms with E-state index < -0.39 is 18.0 Å². The zero-order valence-electron chi connectivity index (χ0n) is 13.1. The molecule has 122 valence electrons. The Morgan fingerprint density at radius 1 is 1.48 bits per heavy atom. The number of amides is 1. The maximum Gasteiger partial charge on any atom is 0.349 e. The van der Waals surface area contributed by atoms with Crippen LogP contribution >= 0.6 is 11.3 Å². The summed E-state index contributed by atoms with van der Waals surface area (Å²) in [5.74, 6) is -0.589. The van der Waals surface area contributed by atoms with E-state index in [2.05, 4.69) is 21.9 Å². The van der Waals surface area contributed by atoms with Crippen molar-refractivity contribution in [2.24, 2.45) is 0 Å². The number of carbonyl (C=O) groups excluding carboxylic acids is 2. The minimum Gasteiger partial charge on any atom is -0.448 e. The molecule has 0 aliphatic heterocycles. The normalized spacial score (nSPS) is 12.0. The minimum atomic E-state index is -0.944. The van der Waals surface area contributed by atoms with E-state index in [1.807, 2.05) is 0 Å². The van der Waals surface area contributed by atoms with Gasteiger partial charge in [-0.3, -0.25) is 9.59 Å². The molecule has 2 aromatic heterocycles. The number of rotatable bonds is 5. The monoisotopic (exact) mass is 335 g/mol. The predicted octanol–water partition coefficient (Wildman–Crippen LogP) is 1.45. The van der Waals surface area contributed by atoms with Crippen molar-refractivity contribution in [2.75, 3.05) is 6.54 Å². The molecule has 0 radical (unpaired) electrons. The fraction of sp³-hybridized carbons (Fsp3) is 0.333. The molecule has 0 unspecified atom stereocenters. The van der Waals surface area contributed by atoms with Crippen LogP contribution in [0.2, 0.25) is 0 Å². The molecular weight excluding hydrogens is 318 g/mol. The van der Waals surface area contributed by atoms with Crippen molar-refractivity contribution in [1.29, 1.82) is 0 Å². The Labute approximate surface area is 136 Å². The summed E-state index contributed by atoms with van der Waals surface area (Å²) in [6.45, 7) is 8.59. The summed E-state index contributed by atoms with van der Waals surface area (Å²) in [5.41, 5.74) is 0.208. The Bertz CT molecular complexity index is 837. The number of carbonyl (C=O) groups is 2. The number of hydrogen-bond donors (Lipinski definition) is 2. The molecule has 2 N–H and O–H groups in total. The van der Waals surface area contributed by atoms with Crippen molar-refractivity contribution in [1.82, 2.24) is 15.3 Å². The van der Waals surface area contributed by atoms with Gasteiger partial charge in [0.1, 0.15) is 15.5 Å². The highest BCUT2D eigenvalue weighted by molar-refractivity contribution is 7.20. The molecule has 0 spiro atoms. The number of H-pyrrole nitrogens is 1. The number of aryl methyl sites for hydroxylation is 2. The third-order valence-corrected chi connectivity index (χ3v) is 4.34. The molecule has 8 heteroatoms. The van der Waals surface area contributed by atoms with Gasteiger partial charge >= 0.3 is 5.97 Å². The first-order valence-electron chi connectivity index (χ1n) is 6.94. The van der Waals surface area contributed by atoms with Crippen LogP contribution in [0.3, 0.4) is 0 Å². The smallest absolute Gasteiger partial charge is 0.349 e. The molecule has 0 saturated heterocycles. The number of thiophene rings is 1. The molecule has 23 heavy (non-hydrogen) atoms. The lowest BCUT2D eigenvalue weighted by Crippen LogP contribution is -2.35. The fourth-order valence-electron chi connectivity index (χ4n) is 2.03. The highest BCUT2D eigenvalue weighted by atomic mass is 32.1. The van der Waals surface area contributed by atoms with Crippen LogP contribution in [-0.4, -0.2) is 34.5 Å². The van der Waals surface area contributed by atoms with Gasteiger partial charge < -0.3 is 15.0 Å². The minimum absolute atomic E-state index is 0.270. The average Bonchev–Trinajstić information content (AvgIpc) is 2.81. The predicted molar refractivity (Wildman–Crippen MR) is 87.8 cm³/mol. The van der Waals surface area contributed by atoms with E-state index >= 15 is 0 Å². The lowest BCUT2D eigenvalue weighted by atomic mass is 10.2. The number of aromatic nitrogens is 2. The van der Waals surface area contributed by atoms with Gasteiger partial charge in [0.25, 0.3) is 11.5 Å². The molecule has 0 aliphatic rings. The van der Waals surface area contributed by atoms with Crippen LogP contribution in [0, 0.1) is 13.8 Å². The molecule has 2 aromatic rings. The highest BCUT2D eigenvalue weighted by Crippen LogP contribution is 2.27. The summed E-state index contributed by atoms with van der Waals surface area (Å²) in [5, 5.41) is 2.92. The van der Waals surface area contributed by atoms with Crippen LogP contribution in [0.4, 0.5) is 0 Å². The summed E-state index contributed by atoms with van der Waals surface area (Å²) >= 11 is 1.08. The first-order chi connectivity index (χ1) is 10.8. The van der Waals surface area contributed by atoms with Gasteiger partial charge in [-0.05, 0) is 26.3 Å². The third-order valence-electron chi connectivity index (χ3n) is 3.18. The highest BCUT2D eigenvalue weighted by Gasteiger charge is 2.24. The van der Waals surface area contributed by atoms with E-state index in [1.165, 1.54) is 13.0 Å². The van der Waals surface area contributed by atoms with Gasteiger partial charge in [-0.25, -0.2) is 9.78 Å². The van der Waals surface area contributed by atoms with E-state index in [1.54, 1.807) is 13.8 Å². The zero-order chi connectivity index (χ0) is 17.1. The molecule has 0 fully saturated rings. The largest absolute Gasteiger partial charge is 0.448 e. The SMILES string of the molecule is C=CCNC(=O)[C@H](C)OC(=O)c1sc2nc(C)[nH]c(=O)c2c1C. The van der Waals surface area contributed by atoms with Crippen LogP contribution in [0.5, 0.6) is 0 Å². The van der Waals surface area contributed by atoms with Gasteiger partial charge in [-0.2, -0.15) is 0 Å². The van der Waals surface area contributed by atoms with Crippen molar-refractivity contribution in [3.63, 3.8) is 0 Å². The summed E-state index contributed by atoms with van der Waals surface area (Å²) in [6, 6.07) is 0.